The number of aromatic nitrogens is 3. The molecule has 2 aromatic rings. The summed E-state index contributed by atoms with van der Waals surface area (Å²) in [7, 11) is -3.46. The molecule has 9 heteroatoms. The van der Waals surface area contributed by atoms with Gasteiger partial charge in [-0.25, -0.2) is 18.4 Å². The Morgan fingerprint density at radius 2 is 1.90 bits per heavy atom. The van der Waals surface area contributed by atoms with E-state index < -0.39 is 9.84 Å². The molecule has 2 saturated heterocycles. The summed E-state index contributed by atoms with van der Waals surface area (Å²) in [5.41, 5.74) is 1.32. The molecule has 0 radical (unpaired) electrons. The maximum absolute atomic E-state index is 12.6. The van der Waals surface area contributed by atoms with Gasteiger partial charge >= 0.3 is 0 Å². The molecule has 154 valence electrons. The number of sulfone groups is 1. The maximum Gasteiger partial charge on any atom is 0.251 e. The van der Waals surface area contributed by atoms with Crippen LogP contribution in [0, 0.1) is 0 Å². The van der Waals surface area contributed by atoms with Crippen LogP contribution in [0.2, 0.25) is 0 Å². The molecule has 0 bridgehead atoms. The number of hydrogen-bond donors (Lipinski definition) is 0. The number of likely N-dealkylation sites (tertiary alicyclic amines) is 1. The average Bonchev–Trinajstić information content (AvgIpc) is 3.28. The van der Waals surface area contributed by atoms with Crippen LogP contribution in [0.25, 0.3) is 11.4 Å². The fourth-order valence-corrected chi connectivity index (χ4v) is 4.79. The predicted octanol–water partition coefficient (Wildman–Crippen LogP) is 1.83. The van der Waals surface area contributed by atoms with Crippen molar-refractivity contribution in [1.29, 1.82) is 0 Å². The van der Waals surface area contributed by atoms with Gasteiger partial charge in [-0.3, -0.25) is 9.78 Å². The van der Waals surface area contributed by atoms with E-state index in [4.69, 9.17) is 4.74 Å². The van der Waals surface area contributed by atoms with Gasteiger partial charge in [-0.1, -0.05) is 0 Å². The number of rotatable bonds is 4. The zero-order valence-corrected chi connectivity index (χ0v) is 17.1. The predicted molar refractivity (Wildman–Crippen MR) is 106 cm³/mol. The van der Waals surface area contributed by atoms with Gasteiger partial charge in [-0.15, -0.1) is 0 Å². The molecule has 1 atom stereocenters. The highest BCUT2D eigenvalue weighted by molar-refractivity contribution is 7.90. The molecule has 2 aliphatic heterocycles. The molecule has 1 amide bonds. The molecule has 2 aliphatic rings. The number of amides is 1. The normalized spacial score (nSPS) is 20.7. The van der Waals surface area contributed by atoms with Gasteiger partial charge in [-0.2, -0.15) is 0 Å². The Bertz CT molecular complexity index is 983. The molecule has 0 aliphatic carbocycles. The van der Waals surface area contributed by atoms with Crippen molar-refractivity contribution in [3.05, 3.63) is 36.4 Å². The summed E-state index contributed by atoms with van der Waals surface area (Å²) in [6.45, 7) is 1.78. The second kappa shape index (κ2) is 8.16. The molecule has 0 aromatic carbocycles. The van der Waals surface area contributed by atoms with Gasteiger partial charge in [0.2, 0.25) is 0 Å². The van der Waals surface area contributed by atoms with Crippen molar-refractivity contribution in [2.75, 3.05) is 26.0 Å². The van der Waals surface area contributed by atoms with Gasteiger partial charge in [0.05, 0.1) is 5.69 Å². The fourth-order valence-electron chi connectivity index (χ4n) is 3.95. The number of ether oxygens (including phenoxy) is 1. The minimum absolute atomic E-state index is 0.0446. The lowest BCUT2D eigenvalue weighted by Gasteiger charge is -2.33. The van der Waals surface area contributed by atoms with Crippen LogP contribution in [0.5, 0.6) is 0 Å². The largest absolute Gasteiger partial charge is 0.368 e. The smallest absolute Gasteiger partial charge is 0.251 e. The number of carbonyl (C=O) groups excluding carboxylic acids is 1. The van der Waals surface area contributed by atoms with Crippen LogP contribution in [-0.2, 0) is 19.4 Å². The van der Waals surface area contributed by atoms with Crippen molar-refractivity contribution in [3.63, 3.8) is 0 Å². The van der Waals surface area contributed by atoms with E-state index in [1.807, 2.05) is 4.90 Å². The Morgan fingerprint density at radius 3 is 2.52 bits per heavy atom. The first kappa shape index (κ1) is 19.9. The summed E-state index contributed by atoms with van der Waals surface area (Å²) in [6.07, 6.45) is 8.57. The number of pyridine rings is 1. The Labute approximate surface area is 170 Å². The zero-order chi connectivity index (χ0) is 20.4. The monoisotopic (exact) mass is 416 g/mol. The summed E-state index contributed by atoms with van der Waals surface area (Å²) < 4.78 is 30.2. The first-order chi connectivity index (χ1) is 13.9. The third-order valence-corrected chi connectivity index (χ3v) is 6.63. The van der Waals surface area contributed by atoms with Crippen LogP contribution < -0.4 is 0 Å². The topological polar surface area (TPSA) is 102 Å². The summed E-state index contributed by atoms with van der Waals surface area (Å²) in [4.78, 5) is 27.5. The lowest BCUT2D eigenvalue weighted by molar-refractivity contribution is -0.142. The molecule has 1 unspecified atom stereocenters. The van der Waals surface area contributed by atoms with Gasteiger partial charge < -0.3 is 9.64 Å². The lowest BCUT2D eigenvalue weighted by atomic mass is 9.92. The van der Waals surface area contributed by atoms with Crippen molar-refractivity contribution in [3.8, 4) is 11.4 Å². The molecular weight excluding hydrogens is 392 g/mol. The van der Waals surface area contributed by atoms with Crippen molar-refractivity contribution >= 4 is 15.7 Å². The van der Waals surface area contributed by atoms with E-state index in [9.17, 15) is 13.2 Å². The summed E-state index contributed by atoms with van der Waals surface area (Å²) >= 11 is 0. The minimum atomic E-state index is -3.46. The van der Waals surface area contributed by atoms with E-state index in [2.05, 4.69) is 15.0 Å². The van der Waals surface area contributed by atoms with Crippen LogP contribution in [0.4, 0.5) is 0 Å². The van der Waals surface area contributed by atoms with Crippen LogP contribution >= 0.6 is 0 Å². The molecule has 4 heterocycles. The number of hydrogen-bond acceptors (Lipinski definition) is 7. The lowest BCUT2D eigenvalue weighted by Crippen LogP contribution is -2.43. The van der Waals surface area contributed by atoms with E-state index in [1.165, 1.54) is 12.5 Å². The molecular formula is C20H24N4O4S. The first-order valence-electron chi connectivity index (χ1n) is 9.81. The van der Waals surface area contributed by atoms with Gasteiger partial charge in [0.15, 0.2) is 15.7 Å². The molecule has 0 saturated carbocycles. The van der Waals surface area contributed by atoms with Gasteiger partial charge in [0.1, 0.15) is 11.0 Å². The molecule has 0 spiro atoms. The number of nitrogens with zero attached hydrogens (tertiary/aromatic N) is 4. The molecule has 4 rings (SSSR count). The molecule has 8 nitrogen and oxygen atoms in total. The standard InChI is InChI=1S/C20H24N4O4S/c1-29(26,27)17-13-22-19(15-4-8-21-9-5-15)23-18(17)14-6-10-24(11-7-14)20(25)16-3-2-12-28-16/h4-5,8-9,13-14,16H,2-3,6-7,10-12H2,1H3. The second-order valence-electron chi connectivity index (χ2n) is 7.55. The third kappa shape index (κ3) is 4.30. The molecule has 2 fully saturated rings. The van der Waals surface area contributed by atoms with E-state index in [0.29, 0.717) is 44.1 Å². The first-order valence-corrected chi connectivity index (χ1v) is 11.7. The molecule has 0 N–H and O–H groups in total. The van der Waals surface area contributed by atoms with Crippen LogP contribution in [0.15, 0.2) is 35.6 Å². The van der Waals surface area contributed by atoms with Gasteiger partial charge in [0.25, 0.3) is 5.91 Å². The quantitative estimate of drug-likeness (QED) is 0.749. The van der Waals surface area contributed by atoms with E-state index in [-0.39, 0.29) is 22.8 Å². The Morgan fingerprint density at radius 1 is 1.17 bits per heavy atom. The Hall–Kier alpha value is -2.39. The van der Waals surface area contributed by atoms with Crippen molar-refractivity contribution in [2.45, 2.75) is 42.6 Å². The summed E-state index contributed by atoms with van der Waals surface area (Å²) in [5.74, 6) is 0.481. The second-order valence-corrected chi connectivity index (χ2v) is 9.54. The number of piperidine rings is 1. The summed E-state index contributed by atoms with van der Waals surface area (Å²) in [5, 5.41) is 0. The van der Waals surface area contributed by atoms with Crippen molar-refractivity contribution < 1.29 is 17.9 Å². The fraction of sp³-hybridized carbons (Fsp3) is 0.500. The molecule has 2 aromatic heterocycles. The highest BCUT2D eigenvalue weighted by atomic mass is 32.2. The van der Waals surface area contributed by atoms with Crippen molar-refractivity contribution in [2.24, 2.45) is 0 Å². The van der Waals surface area contributed by atoms with Crippen LogP contribution in [0.3, 0.4) is 0 Å². The van der Waals surface area contributed by atoms with E-state index in [0.717, 1.165) is 18.4 Å². The Kier molecular flexibility index (Phi) is 5.60. The highest BCUT2D eigenvalue weighted by Gasteiger charge is 2.33. The maximum atomic E-state index is 12.6. The van der Waals surface area contributed by atoms with Crippen molar-refractivity contribution in [1.82, 2.24) is 19.9 Å². The summed E-state index contributed by atoms with van der Waals surface area (Å²) in [6, 6.07) is 3.59. The third-order valence-electron chi connectivity index (χ3n) is 5.52. The van der Waals surface area contributed by atoms with E-state index >= 15 is 0 Å². The zero-order valence-electron chi connectivity index (χ0n) is 16.3. The Balaban J connectivity index is 1.58. The number of carbonyl (C=O) groups is 1. The molecule has 29 heavy (non-hydrogen) atoms. The van der Waals surface area contributed by atoms with Gasteiger partial charge in [-0.05, 0) is 37.8 Å². The average molecular weight is 417 g/mol. The van der Waals surface area contributed by atoms with Crippen LogP contribution in [-0.4, -0.2) is 66.2 Å². The SMILES string of the molecule is CS(=O)(=O)c1cnc(-c2ccncc2)nc1C1CCN(C(=O)C2CCCO2)CC1. The highest BCUT2D eigenvalue weighted by Crippen LogP contribution is 2.33. The van der Waals surface area contributed by atoms with Gasteiger partial charge in [0, 0.05) is 56.0 Å². The van der Waals surface area contributed by atoms with E-state index in [1.54, 1.807) is 24.5 Å². The van der Waals surface area contributed by atoms with Crippen LogP contribution in [0.1, 0.15) is 37.3 Å². The minimum Gasteiger partial charge on any atom is -0.368 e.